The van der Waals surface area contributed by atoms with Gasteiger partial charge in [-0.25, -0.2) is 9.79 Å². The monoisotopic (exact) mass is 515 g/mol. The molecule has 1 N–H and O–H groups in total. The van der Waals surface area contributed by atoms with Crippen molar-refractivity contribution < 1.29 is 19.1 Å². The minimum Gasteiger partial charge on any atom is -0.497 e. The van der Waals surface area contributed by atoms with Crippen LogP contribution in [0.4, 0.5) is 17.1 Å². The van der Waals surface area contributed by atoms with Crippen molar-refractivity contribution in [3.63, 3.8) is 0 Å². The van der Waals surface area contributed by atoms with E-state index in [2.05, 4.69) is 44.5 Å². The van der Waals surface area contributed by atoms with Crippen molar-refractivity contribution in [2.75, 3.05) is 50.2 Å². The number of nitrogens with zero attached hydrogens (tertiary/aromatic N) is 4. The summed E-state index contributed by atoms with van der Waals surface area (Å²) in [7, 11) is 3.02. The van der Waals surface area contributed by atoms with E-state index in [1.165, 1.54) is 31.1 Å². The van der Waals surface area contributed by atoms with Gasteiger partial charge in [0, 0.05) is 44.5 Å². The zero-order chi connectivity index (χ0) is 26.9. The van der Waals surface area contributed by atoms with Crippen LogP contribution in [0.5, 0.6) is 5.75 Å². The summed E-state index contributed by atoms with van der Waals surface area (Å²) in [4.78, 5) is 32.9. The van der Waals surface area contributed by atoms with Gasteiger partial charge >= 0.3 is 5.97 Å². The first-order chi connectivity index (χ1) is 18.5. The third-order valence-corrected chi connectivity index (χ3v) is 6.46. The molecule has 0 atom stereocenters. The van der Waals surface area contributed by atoms with Gasteiger partial charge in [0.15, 0.2) is 0 Å². The zero-order valence-electron chi connectivity index (χ0n) is 22.0. The largest absolute Gasteiger partial charge is 0.497 e. The van der Waals surface area contributed by atoms with Gasteiger partial charge in [0.05, 0.1) is 32.0 Å². The highest BCUT2D eigenvalue weighted by atomic mass is 16.5. The number of amides is 1. The highest BCUT2D eigenvalue weighted by Gasteiger charge is 2.17. The van der Waals surface area contributed by atoms with Gasteiger partial charge in [-0.3, -0.25) is 15.2 Å². The molecule has 38 heavy (non-hydrogen) atoms. The number of aliphatic imine (C=N–C) groups is 1. The Bertz CT molecular complexity index is 1240. The van der Waals surface area contributed by atoms with E-state index in [9.17, 15) is 9.59 Å². The summed E-state index contributed by atoms with van der Waals surface area (Å²) < 4.78 is 9.97. The Morgan fingerprint density at radius 3 is 1.92 bits per heavy atom. The van der Waals surface area contributed by atoms with Crippen molar-refractivity contribution in [1.82, 2.24) is 10.4 Å². The molecule has 0 saturated carbocycles. The maximum atomic E-state index is 12.1. The fourth-order valence-corrected chi connectivity index (χ4v) is 4.23. The third kappa shape index (κ3) is 6.82. The SMILES string of the molecule is COC(=O)c1ccc(CN(NC=Nc2ccc(N3CCN(c4ccc(OC)cc4)CC3)cc2)C(C)=O)cc1. The number of benzene rings is 3. The molecule has 1 fully saturated rings. The molecule has 1 aliphatic heterocycles. The number of hydrazine groups is 1. The summed E-state index contributed by atoms with van der Waals surface area (Å²) in [6.07, 6.45) is 1.51. The molecule has 3 aromatic rings. The topological polar surface area (TPSA) is 86.7 Å². The first kappa shape index (κ1) is 26.5. The van der Waals surface area contributed by atoms with Gasteiger partial charge in [0.1, 0.15) is 12.1 Å². The van der Waals surface area contributed by atoms with E-state index >= 15 is 0 Å². The lowest BCUT2D eigenvalue weighted by molar-refractivity contribution is -0.131. The molecular formula is C29H33N5O4. The molecule has 0 bridgehead atoms. The standard InChI is InChI=1S/C29H33N5O4/c1-22(35)34(20-23-4-6-24(7-5-23)29(36)38-3)31-21-30-25-8-10-26(11-9-25)32-16-18-33(19-17-32)27-12-14-28(37-2)15-13-27/h4-15,21H,16-20H2,1-3H3,(H,30,31). The predicted molar refractivity (Wildman–Crippen MR) is 149 cm³/mol. The maximum Gasteiger partial charge on any atom is 0.337 e. The third-order valence-electron chi connectivity index (χ3n) is 6.46. The fourth-order valence-electron chi connectivity index (χ4n) is 4.23. The number of carbonyl (C=O) groups excluding carboxylic acids is 2. The molecule has 0 radical (unpaired) electrons. The number of ether oxygens (including phenoxy) is 2. The second-order valence-electron chi connectivity index (χ2n) is 8.87. The number of carbonyl (C=O) groups is 2. The Kier molecular flexibility index (Phi) is 8.81. The fraction of sp³-hybridized carbons (Fsp3) is 0.276. The highest BCUT2D eigenvalue weighted by molar-refractivity contribution is 5.89. The minimum atomic E-state index is -0.396. The molecule has 3 aromatic carbocycles. The molecule has 0 spiro atoms. The molecule has 0 unspecified atom stereocenters. The van der Waals surface area contributed by atoms with Crippen molar-refractivity contribution in [2.45, 2.75) is 13.5 Å². The average molecular weight is 516 g/mol. The minimum absolute atomic E-state index is 0.155. The van der Waals surface area contributed by atoms with Crippen LogP contribution in [-0.4, -0.2) is 63.6 Å². The van der Waals surface area contributed by atoms with Gasteiger partial charge in [0.2, 0.25) is 5.91 Å². The lowest BCUT2D eigenvalue weighted by Gasteiger charge is -2.37. The normalized spacial score (nSPS) is 13.3. The molecule has 1 aliphatic rings. The number of hydrogen-bond acceptors (Lipinski definition) is 7. The first-order valence-corrected chi connectivity index (χ1v) is 12.4. The summed E-state index contributed by atoms with van der Waals surface area (Å²) in [6.45, 7) is 5.57. The van der Waals surface area contributed by atoms with E-state index in [4.69, 9.17) is 9.47 Å². The number of hydrogen-bond donors (Lipinski definition) is 1. The second-order valence-corrected chi connectivity index (χ2v) is 8.87. The smallest absolute Gasteiger partial charge is 0.337 e. The maximum absolute atomic E-state index is 12.1. The summed E-state index contributed by atoms with van der Waals surface area (Å²) in [5, 5.41) is 1.45. The lowest BCUT2D eigenvalue weighted by Crippen LogP contribution is -2.46. The molecule has 9 nitrogen and oxygen atoms in total. The van der Waals surface area contributed by atoms with Gasteiger partial charge < -0.3 is 19.3 Å². The Morgan fingerprint density at radius 2 is 1.42 bits per heavy atom. The van der Waals surface area contributed by atoms with Crippen molar-refractivity contribution in [3.05, 3.63) is 83.9 Å². The van der Waals surface area contributed by atoms with Crippen LogP contribution in [0.15, 0.2) is 77.8 Å². The molecule has 1 amide bonds. The van der Waals surface area contributed by atoms with Crippen LogP contribution in [0.3, 0.4) is 0 Å². The van der Waals surface area contributed by atoms with Crippen molar-refractivity contribution >= 4 is 35.3 Å². The van der Waals surface area contributed by atoms with E-state index < -0.39 is 5.97 Å². The van der Waals surface area contributed by atoms with Gasteiger partial charge in [0.25, 0.3) is 0 Å². The average Bonchev–Trinajstić information content (AvgIpc) is 2.97. The van der Waals surface area contributed by atoms with E-state index in [0.717, 1.165) is 48.9 Å². The number of nitrogens with one attached hydrogen (secondary N) is 1. The van der Waals surface area contributed by atoms with Crippen molar-refractivity contribution in [3.8, 4) is 5.75 Å². The van der Waals surface area contributed by atoms with E-state index in [1.807, 2.05) is 24.3 Å². The molecule has 0 aliphatic carbocycles. The summed E-state index contributed by atoms with van der Waals surface area (Å²) in [6, 6.07) is 23.2. The highest BCUT2D eigenvalue weighted by Crippen LogP contribution is 2.24. The van der Waals surface area contributed by atoms with Crippen LogP contribution in [0.25, 0.3) is 0 Å². The quantitative estimate of drug-likeness (QED) is 0.199. The summed E-state index contributed by atoms with van der Waals surface area (Å²) >= 11 is 0. The van der Waals surface area contributed by atoms with Gasteiger partial charge in [-0.05, 0) is 66.2 Å². The molecule has 1 heterocycles. The van der Waals surface area contributed by atoms with Crippen LogP contribution in [0, 0.1) is 0 Å². The predicted octanol–water partition coefficient (Wildman–Crippen LogP) is 4.02. The van der Waals surface area contributed by atoms with Crippen LogP contribution in [-0.2, 0) is 16.1 Å². The number of esters is 1. The Balaban J connectivity index is 1.28. The Morgan fingerprint density at radius 1 is 0.868 bits per heavy atom. The van der Waals surface area contributed by atoms with Gasteiger partial charge in [-0.1, -0.05) is 12.1 Å². The molecule has 0 aromatic heterocycles. The van der Waals surface area contributed by atoms with Crippen LogP contribution < -0.4 is 20.0 Å². The molecule has 198 valence electrons. The number of methoxy groups -OCH3 is 2. The second kappa shape index (κ2) is 12.6. The van der Waals surface area contributed by atoms with Gasteiger partial charge in [-0.15, -0.1) is 0 Å². The van der Waals surface area contributed by atoms with E-state index in [0.29, 0.717) is 12.1 Å². The first-order valence-electron chi connectivity index (χ1n) is 12.4. The summed E-state index contributed by atoms with van der Waals surface area (Å²) in [5.41, 5.74) is 7.42. The summed E-state index contributed by atoms with van der Waals surface area (Å²) in [5.74, 6) is 0.316. The van der Waals surface area contributed by atoms with Crippen molar-refractivity contribution in [1.29, 1.82) is 0 Å². The lowest BCUT2D eigenvalue weighted by atomic mass is 10.1. The number of piperazine rings is 1. The molecule has 4 rings (SSSR count). The zero-order valence-corrected chi connectivity index (χ0v) is 22.0. The van der Waals surface area contributed by atoms with Crippen molar-refractivity contribution in [2.24, 2.45) is 4.99 Å². The molecule has 9 heteroatoms. The number of rotatable bonds is 9. The number of anilines is 2. The van der Waals surface area contributed by atoms with Gasteiger partial charge in [-0.2, -0.15) is 0 Å². The van der Waals surface area contributed by atoms with Crippen LogP contribution in [0.1, 0.15) is 22.8 Å². The molecular weight excluding hydrogens is 482 g/mol. The Hall–Kier alpha value is -4.53. The van der Waals surface area contributed by atoms with Crippen LogP contribution in [0.2, 0.25) is 0 Å². The van der Waals surface area contributed by atoms with Crippen LogP contribution >= 0.6 is 0 Å². The Labute approximate surface area is 223 Å². The molecule has 1 saturated heterocycles. The van der Waals surface area contributed by atoms with E-state index in [-0.39, 0.29) is 5.91 Å². The van der Waals surface area contributed by atoms with E-state index in [1.54, 1.807) is 31.4 Å².